The summed E-state index contributed by atoms with van der Waals surface area (Å²) in [6, 6.07) is 17.1. The van der Waals surface area contributed by atoms with Gasteiger partial charge in [-0.15, -0.1) is 0 Å². The topological polar surface area (TPSA) is 348 Å². The van der Waals surface area contributed by atoms with E-state index >= 15 is 0 Å². The Bertz CT molecular complexity index is 3980. The van der Waals surface area contributed by atoms with Crippen molar-refractivity contribution in [3.63, 3.8) is 0 Å². The highest BCUT2D eigenvalue weighted by Crippen LogP contribution is 2.43. The molecule has 1 saturated heterocycles. The van der Waals surface area contributed by atoms with Crippen LogP contribution in [0, 0.1) is 17.8 Å². The highest BCUT2D eigenvalue weighted by molar-refractivity contribution is 6.07. The minimum Gasteiger partial charge on any atom is -0.493 e. The highest BCUT2D eigenvalue weighted by atomic mass is 16.7. The van der Waals surface area contributed by atoms with Gasteiger partial charge in [-0.1, -0.05) is 45.9 Å². The van der Waals surface area contributed by atoms with Crippen LogP contribution in [0.1, 0.15) is 105 Å². The number of amides is 8. The van der Waals surface area contributed by atoms with Crippen molar-refractivity contribution in [3.8, 4) is 34.5 Å². The van der Waals surface area contributed by atoms with Gasteiger partial charge in [0.25, 0.3) is 11.8 Å². The fraction of sp³-hybridized carbons (Fsp3) is 0.519. The van der Waals surface area contributed by atoms with Crippen molar-refractivity contribution in [3.05, 3.63) is 101 Å². The zero-order valence-electron chi connectivity index (χ0n) is 63.5. The molecule has 8 amide bonds. The molecule has 0 aromatic heterocycles. The van der Waals surface area contributed by atoms with Crippen LogP contribution < -0.4 is 49.7 Å². The minimum absolute atomic E-state index is 0.0108. The van der Waals surface area contributed by atoms with Crippen molar-refractivity contribution < 1.29 is 105 Å². The highest BCUT2D eigenvalue weighted by Gasteiger charge is 2.41. The third kappa shape index (κ3) is 23.1. The van der Waals surface area contributed by atoms with Gasteiger partial charge in [-0.2, -0.15) is 0 Å². The first-order valence-electron chi connectivity index (χ1n) is 37.4. The average molecular weight is 1530 g/mol. The molecule has 0 saturated carbocycles. The van der Waals surface area contributed by atoms with Crippen molar-refractivity contribution >= 4 is 87.9 Å². The van der Waals surface area contributed by atoms with Gasteiger partial charge in [-0.3, -0.25) is 53.2 Å². The summed E-state index contributed by atoms with van der Waals surface area (Å²) in [5.41, 5.74) is 5.76. The number of carbonyl (C=O) groups excluding carboxylic acids is 8. The number of aliphatic imine (C=N–C) groups is 2. The lowest BCUT2D eigenvalue weighted by Crippen LogP contribution is -2.53. The number of likely N-dealkylation sites (tertiary alicyclic amines) is 1. The number of methoxy groups -OCH3 is 2. The van der Waals surface area contributed by atoms with Crippen molar-refractivity contribution in [2.24, 2.45) is 27.7 Å². The van der Waals surface area contributed by atoms with Gasteiger partial charge in [0, 0.05) is 100 Å². The molecule has 110 heavy (non-hydrogen) atoms. The Hall–Kier alpha value is -9.86. The summed E-state index contributed by atoms with van der Waals surface area (Å²) in [6.07, 6.45) is 8.99. The van der Waals surface area contributed by atoms with Gasteiger partial charge in [0.1, 0.15) is 12.1 Å². The largest absolute Gasteiger partial charge is 0.493 e. The number of rotatable bonds is 47. The van der Waals surface area contributed by atoms with E-state index in [0.29, 0.717) is 181 Å². The first-order chi connectivity index (χ1) is 53.4. The number of nitrogens with one attached hydrogen (secondary N) is 4. The molecule has 4 N–H and O–H groups in total. The molecule has 6 heterocycles. The van der Waals surface area contributed by atoms with E-state index in [-0.39, 0.29) is 124 Å². The zero-order chi connectivity index (χ0) is 77.9. The van der Waals surface area contributed by atoms with Crippen LogP contribution >= 0.6 is 0 Å². The second-order valence-corrected chi connectivity index (χ2v) is 27.3. The van der Waals surface area contributed by atoms with E-state index < -0.39 is 23.9 Å². The van der Waals surface area contributed by atoms with E-state index in [2.05, 4.69) is 21.3 Å². The van der Waals surface area contributed by atoms with Crippen LogP contribution in [0.4, 0.5) is 17.1 Å². The smallest absolute Gasteiger partial charge is 0.260 e. The monoisotopic (exact) mass is 1530 g/mol. The molecule has 6 aliphatic heterocycles. The summed E-state index contributed by atoms with van der Waals surface area (Å²) in [4.78, 5) is 119. The van der Waals surface area contributed by atoms with Crippen molar-refractivity contribution in [2.75, 3.05) is 158 Å². The number of anilines is 1. The molecule has 0 aliphatic carbocycles. The molecular formula is C79H101N9O22. The van der Waals surface area contributed by atoms with Crippen LogP contribution in [0.2, 0.25) is 0 Å². The fourth-order valence-corrected chi connectivity index (χ4v) is 12.7. The number of hydrogen-bond acceptors (Lipinski definition) is 24. The molecule has 4 aromatic rings. The van der Waals surface area contributed by atoms with Crippen LogP contribution in [0.3, 0.4) is 0 Å². The van der Waals surface area contributed by atoms with Crippen molar-refractivity contribution in [2.45, 2.75) is 97.3 Å². The van der Waals surface area contributed by atoms with Gasteiger partial charge in [-0.05, 0) is 77.4 Å². The summed E-state index contributed by atoms with van der Waals surface area (Å²) >= 11 is 0. The average Bonchev–Trinajstić information content (AvgIpc) is 1.62. The number of imide groups is 1. The Morgan fingerprint density at radius 2 is 1.01 bits per heavy atom. The third-order valence-corrected chi connectivity index (χ3v) is 18.8. The predicted molar refractivity (Wildman–Crippen MR) is 403 cm³/mol. The maximum Gasteiger partial charge on any atom is 0.260 e. The van der Waals surface area contributed by atoms with Gasteiger partial charge in [0.05, 0.1) is 168 Å². The Labute approximate surface area is 639 Å². The van der Waals surface area contributed by atoms with Gasteiger partial charge in [0.15, 0.2) is 34.5 Å². The third-order valence-electron chi connectivity index (χ3n) is 18.8. The van der Waals surface area contributed by atoms with E-state index in [0.717, 1.165) is 22.3 Å². The molecule has 0 bridgehead atoms. The van der Waals surface area contributed by atoms with E-state index in [1.807, 2.05) is 56.6 Å². The lowest BCUT2D eigenvalue weighted by Gasteiger charge is -2.24. The molecule has 31 nitrogen and oxygen atoms in total. The maximum atomic E-state index is 14.2. The van der Waals surface area contributed by atoms with Gasteiger partial charge < -0.3 is 97.4 Å². The van der Waals surface area contributed by atoms with Gasteiger partial charge in [0.2, 0.25) is 42.2 Å². The van der Waals surface area contributed by atoms with E-state index in [4.69, 9.17) is 76.3 Å². The Morgan fingerprint density at radius 3 is 1.51 bits per heavy atom. The summed E-state index contributed by atoms with van der Waals surface area (Å²) in [5.74, 6) is -0.0680. The molecule has 10 rings (SSSR count). The molecule has 31 heteroatoms. The fourth-order valence-electron chi connectivity index (χ4n) is 12.7. The molecular weight excluding hydrogens is 1430 g/mol. The summed E-state index contributed by atoms with van der Waals surface area (Å²) in [6.45, 7) is 15.7. The maximum absolute atomic E-state index is 14.2. The number of nitrogens with zero attached hydrogens (tertiary/aromatic N) is 5. The van der Waals surface area contributed by atoms with Crippen molar-refractivity contribution in [1.29, 1.82) is 0 Å². The number of ether oxygens (including phenoxy) is 14. The van der Waals surface area contributed by atoms with Gasteiger partial charge >= 0.3 is 0 Å². The number of hydrogen-bond donors (Lipinski definition) is 4. The standard InChI is InChI=1S/C79H101N9O22/c1-50(2)60-42-73(91)86(77(60)94)18-15-71(89)80-17-22-100-24-26-102-28-30-104-32-34-106-36-35-105-33-31-103-29-27-101-25-23-99-21-16-72(90)85-74(51(3)4)76(93)83-52(5)75(92)84-57-12-9-53(10-13-57)55-37-58-45-81-63-43-69(66(97-6)40-61(63)78(95)87(58)47-55)107-19-8-20-108-70-44-64-62(41-67(70)98-7)79(96)88-48-56(38-59(88)46-82-64)54-11-14-65-68(39-54)110-49-109-65/h9-14,39-41,43-48,50-52,58-60,74H,8,15-38,42,49H2,1-7H3,(H,80,89)(H,83,93)(H,84,92)(H,85,90)/t52-,58-,59-,60?,74-/m0/s1. The molecule has 1 unspecified atom stereocenters. The van der Waals surface area contributed by atoms with Crippen LogP contribution in [-0.4, -0.2) is 252 Å². The molecule has 0 radical (unpaired) electrons. The summed E-state index contributed by atoms with van der Waals surface area (Å²) in [5, 5.41) is 11.1. The molecule has 5 atom stereocenters. The molecule has 594 valence electrons. The Morgan fingerprint density at radius 1 is 0.518 bits per heavy atom. The predicted octanol–water partition coefficient (Wildman–Crippen LogP) is 6.87. The number of fused-ring (bicyclic) bond motifs is 5. The summed E-state index contributed by atoms with van der Waals surface area (Å²) < 4.78 is 79.0. The molecule has 4 aromatic carbocycles. The van der Waals surface area contributed by atoms with Crippen LogP contribution in [0.25, 0.3) is 11.1 Å². The number of benzene rings is 4. The van der Waals surface area contributed by atoms with Gasteiger partial charge in [-0.25, -0.2) is 0 Å². The van der Waals surface area contributed by atoms with Crippen molar-refractivity contribution in [1.82, 2.24) is 30.7 Å². The normalized spacial score (nSPS) is 17.3. The second-order valence-electron chi connectivity index (χ2n) is 27.3. The SMILES string of the molecule is COc1cc2c(cc1OCCCOc1cc3c(cc1OC)C(=O)N1C=C(c4ccc5c(c4)OCO5)C[C@H]1C=N3)N=C[C@@H]1CC(c3ccc(NC(=O)[C@H](C)NC(=O)[C@@H](NC(=O)CCOCCOCCOCCOCCOCCOCCOCCOCCNC(=O)CCN4C(=O)CC(C(C)C)C4=O)C(C)C)cc3)=CN1C2=O. The first kappa shape index (κ1) is 82.6. The molecule has 6 aliphatic rings. The van der Waals surface area contributed by atoms with Crippen LogP contribution in [-0.2, 0) is 66.7 Å². The zero-order valence-corrected chi connectivity index (χ0v) is 63.5. The van der Waals surface area contributed by atoms with Crippen LogP contribution in [0.5, 0.6) is 34.5 Å². The second kappa shape index (κ2) is 41.8. The summed E-state index contributed by atoms with van der Waals surface area (Å²) in [7, 11) is 3.02. The Balaban J connectivity index is 0.530. The van der Waals surface area contributed by atoms with E-state index in [1.165, 1.54) is 19.1 Å². The lowest BCUT2D eigenvalue weighted by molar-refractivity contribution is -0.140. The first-order valence-corrected chi connectivity index (χ1v) is 37.4. The Kier molecular flexibility index (Phi) is 31.4. The number of carbonyl (C=O) groups is 8. The van der Waals surface area contributed by atoms with Crippen LogP contribution in [0.15, 0.2) is 89.1 Å². The molecule has 1 fully saturated rings. The molecule has 0 spiro atoms. The van der Waals surface area contributed by atoms with E-state index in [1.54, 1.807) is 79.4 Å². The van der Waals surface area contributed by atoms with E-state index in [9.17, 15) is 38.4 Å². The minimum atomic E-state index is -0.945. The lowest BCUT2D eigenvalue weighted by atomic mass is 9.94. The quantitative estimate of drug-likeness (QED) is 0.0259.